The number of pyridine rings is 1. The lowest BCUT2D eigenvalue weighted by Gasteiger charge is -2.39. The summed E-state index contributed by atoms with van der Waals surface area (Å²) in [5.41, 5.74) is 1.81. The average Bonchev–Trinajstić information content (AvgIpc) is 3.61. The fourth-order valence-electron chi connectivity index (χ4n) is 4.98. The lowest BCUT2D eigenvalue weighted by atomic mass is 10.1. The average molecular weight is 569 g/mol. The molecule has 0 bridgehead atoms. The first-order chi connectivity index (χ1) is 18.6. The molecule has 40 heavy (non-hydrogen) atoms. The van der Waals surface area contributed by atoms with E-state index in [4.69, 9.17) is 0 Å². The molecule has 13 heteroatoms. The minimum absolute atomic E-state index is 0. The molecule has 2 aromatic heterocycles. The predicted octanol–water partition coefficient (Wildman–Crippen LogP) is 3.77. The quantitative estimate of drug-likeness (QED) is 0.511. The van der Waals surface area contributed by atoms with Crippen molar-refractivity contribution in [3.63, 3.8) is 0 Å². The monoisotopic (exact) mass is 568 g/mol. The van der Waals surface area contributed by atoms with Gasteiger partial charge in [-0.25, -0.2) is 9.78 Å². The molecule has 3 heterocycles. The molecule has 222 valence electrons. The van der Waals surface area contributed by atoms with Gasteiger partial charge in [0.25, 0.3) is 5.91 Å². The maximum absolute atomic E-state index is 13.3. The molecule has 2 amide bonds. The van der Waals surface area contributed by atoms with Gasteiger partial charge in [0.05, 0.1) is 24.6 Å². The van der Waals surface area contributed by atoms with E-state index in [1.54, 1.807) is 19.3 Å². The normalized spacial score (nSPS) is 19.1. The number of esters is 1. The molecule has 2 N–H and O–H groups in total. The number of nitrogens with one attached hydrogen (secondary N) is 2. The molecule has 2 atom stereocenters. The Labute approximate surface area is 232 Å². The maximum Gasteiger partial charge on any atom is 0.418 e. The predicted molar refractivity (Wildman–Crippen MR) is 146 cm³/mol. The van der Waals surface area contributed by atoms with Crippen molar-refractivity contribution < 1.29 is 32.3 Å². The molecule has 2 aliphatic rings. The second-order valence-corrected chi connectivity index (χ2v) is 9.08. The Hall–Kier alpha value is -3.61. The first kappa shape index (κ1) is 32.6. The first-order valence-electron chi connectivity index (χ1n) is 13.0. The van der Waals surface area contributed by atoms with Crippen LogP contribution in [0.15, 0.2) is 30.6 Å². The van der Waals surface area contributed by atoms with Crippen LogP contribution in [0.2, 0.25) is 0 Å². The summed E-state index contributed by atoms with van der Waals surface area (Å²) in [6.07, 6.45) is -0.0945. The van der Waals surface area contributed by atoms with Crippen molar-refractivity contribution in [2.75, 3.05) is 50.7 Å². The molecule has 2 fully saturated rings. The highest BCUT2D eigenvalue weighted by atomic mass is 19.4. The summed E-state index contributed by atoms with van der Waals surface area (Å²) >= 11 is 0. The number of carbonyl (C=O) groups is 3. The van der Waals surface area contributed by atoms with Crippen molar-refractivity contribution in [2.24, 2.45) is 5.92 Å². The molecule has 1 saturated heterocycles. The Morgan fingerprint density at radius 1 is 1.05 bits per heavy atom. The van der Waals surface area contributed by atoms with E-state index in [1.165, 1.54) is 0 Å². The Balaban J connectivity index is 0.00000183. The van der Waals surface area contributed by atoms with Gasteiger partial charge in [-0.15, -0.1) is 0 Å². The zero-order chi connectivity index (χ0) is 28.7. The second kappa shape index (κ2) is 14.1. The number of carbonyl (C=O) groups excluding carboxylic acids is 3. The fourth-order valence-corrected chi connectivity index (χ4v) is 4.98. The SMILES string of the molecule is C.CC.CNC(=O)c1ccc(N2CCN(C3CCC(C(=O)Nn4ccc(C(F)(F)F)c4C(=O)OC)C3)CC2)cn1. The minimum atomic E-state index is -4.76. The third-order valence-corrected chi connectivity index (χ3v) is 6.98. The molecule has 10 nitrogen and oxygen atoms in total. The van der Waals surface area contributed by atoms with Gasteiger partial charge in [0.2, 0.25) is 5.91 Å². The van der Waals surface area contributed by atoms with Crippen molar-refractivity contribution in [3.05, 3.63) is 47.5 Å². The van der Waals surface area contributed by atoms with Crippen LogP contribution < -0.4 is 15.6 Å². The van der Waals surface area contributed by atoms with Crippen LogP contribution >= 0.6 is 0 Å². The number of anilines is 1. The van der Waals surface area contributed by atoms with E-state index in [2.05, 4.69) is 30.3 Å². The van der Waals surface area contributed by atoms with E-state index in [9.17, 15) is 27.6 Å². The van der Waals surface area contributed by atoms with Gasteiger partial charge in [0.1, 0.15) is 5.69 Å². The molecular weight excluding hydrogens is 529 g/mol. The molecule has 0 aromatic carbocycles. The van der Waals surface area contributed by atoms with Crippen LogP contribution in [0.5, 0.6) is 0 Å². The van der Waals surface area contributed by atoms with E-state index >= 15 is 0 Å². The van der Waals surface area contributed by atoms with E-state index < -0.39 is 29.3 Å². The number of hydrogen-bond acceptors (Lipinski definition) is 7. The van der Waals surface area contributed by atoms with Gasteiger partial charge in [-0.1, -0.05) is 21.3 Å². The number of hydrogen-bond donors (Lipinski definition) is 2. The van der Waals surface area contributed by atoms with Gasteiger partial charge in [-0.05, 0) is 37.5 Å². The highest BCUT2D eigenvalue weighted by Gasteiger charge is 2.39. The molecule has 2 unspecified atom stereocenters. The number of methoxy groups -OCH3 is 1. The van der Waals surface area contributed by atoms with Crippen LogP contribution in [-0.4, -0.2) is 78.7 Å². The number of alkyl halides is 3. The Kier molecular flexibility index (Phi) is 11.5. The highest BCUT2D eigenvalue weighted by molar-refractivity contribution is 5.93. The number of piperazine rings is 1. The summed E-state index contributed by atoms with van der Waals surface area (Å²) in [5.74, 6) is -2.24. The van der Waals surface area contributed by atoms with Crippen LogP contribution in [0.1, 0.15) is 67.1 Å². The topological polar surface area (TPSA) is 109 Å². The zero-order valence-electron chi connectivity index (χ0n) is 22.5. The summed E-state index contributed by atoms with van der Waals surface area (Å²) in [4.78, 5) is 45.3. The lowest BCUT2D eigenvalue weighted by Crippen LogP contribution is -2.50. The summed E-state index contributed by atoms with van der Waals surface area (Å²) < 4.78 is 45.2. The van der Waals surface area contributed by atoms with E-state index in [0.29, 0.717) is 18.5 Å². The molecule has 2 aromatic rings. The first-order valence-corrected chi connectivity index (χ1v) is 13.0. The molecule has 0 radical (unpaired) electrons. The summed E-state index contributed by atoms with van der Waals surface area (Å²) in [6, 6.07) is 4.49. The zero-order valence-corrected chi connectivity index (χ0v) is 22.5. The van der Waals surface area contributed by atoms with Crippen LogP contribution in [0, 0.1) is 5.92 Å². The van der Waals surface area contributed by atoms with Gasteiger partial charge in [-0.3, -0.25) is 24.6 Å². The van der Waals surface area contributed by atoms with Gasteiger partial charge < -0.3 is 15.0 Å². The number of ether oxygens (including phenoxy) is 1. The molecule has 1 aliphatic carbocycles. The van der Waals surface area contributed by atoms with Crippen LogP contribution in [0.3, 0.4) is 0 Å². The van der Waals surface area contributed by atoms with E-state index in [1.807, 2.05) is 19.9 Å². The number of nitrogens with zero attached hydrogens (tertiary/aromatic N) is 4. The van der Waals surface area contributed by atoms with Gasteiger partial charge in [0.15, 0.2) is 5.69 Å². The summed E-state index contributed by atoms with van der Waals surface area (Å²) in [6.45, 7) is 7.10. The number of amides is 2. The van der Waals surface area contributed by atoms with Gasteiger partial charge in [-0.2, -0.15) is 13.2 Å². The van der Waals surface area contributed by atoms with Crippen molar-refractivity contribution in [1.29, 1.82) is 0 Å². The highest BCUT2D eigenvalue weighted by Crippen LogP contribution is 2.34. The van der Waals surface area contributed by atoms with Crippen molar-refractivity contribution in [2.45, 2.75) is 52.8 Å². The minimum Gasteiger partial charge on any atom is -0.464 e. The van der Waals surface area contributed by atoms with Crippen molar-refractivity contribution >= 4 is 23.5 Å². The van der Waals surface area contributed by atoms with E-state index in [0.717, 1.165) is 62.3 Å². The summed E-state index contributed by atoms with van der Waals surface area (Å²) in [7, 11) is 2.54. The Morgan fingerprint density at radius 2 is 1.73 bits per heavy atom. The smallest absolute Gasteiger partial charge is 0.418 e. The van der Waals surface area contributed by atoms with Crippen molar-refractivity contribution in [1.82, 2.24) is 19.9 Å². The number of halogens is 3. The molecule has 0 spiro atoms. The Morgan fingerprint density at radius 3 is 2.27 bits per heavy atom. The molecule has 1 aliphatic heterocycles. The van der Waals surface area contributed by atoms with E-state index in [-0.39, 0.29) is 25.3 Å². The fraction of sp³-hybridized carbons (Fsp3) is 0.556. The van der Waals surface area contributed by atoms with Gasteiger partial charge >= 0.3 is 12.1 Å². The second-order valence-electron chi connectivity index (χ2n) is 9.08. The third kappa shape index (κ3) is 7.32. The van der Waals surface area contributed by atoms with Crippen LogP contribution in [-0.2, 0) is 15.7 Å². The standard InChI is InChI=1S/C24H29F3N6O4.C2H6.CH4/c1-28-22(35)19-6-5-17(14-29-19)32-11-9-31(10-12-32)16-4-3-15(13-16)21(34)30-33-8-7-18(24(25,26)27)20(33)23(36)37-2;1-2;/h5-8,14-16H,3-4,9-13H2,1-2H3,(H,28,35)(H,30,34);1-2H3;1H4. The largest absolute Gasteiger partial charge is 0.464 e. The molecule has 4 rings (SSSR count). The lowest BCUT2D eigenvalue weighted by molar-refractivity contribution is -0.138. The van der Waals surface area contributed by atoms with Crippen molar-refractivity contribution in [3.8, 4) is 0 Å². The Bertz CT molecular complexity index is 1140. The maximum atomic E-state index is 13.3. The van der Waals surface area contributed by atoms with Gasteiger partial charge in [0, 0.05) is 51.4 Å². The number of aromatic nitrogens is 2. The number of rotatable bonds is 6. The van der Waals surface area contributed by atoms with Crippen LogP contribution in [0.4, 0.5) is 18.9 Å². The van der Waals surface area contributed by atoms with Crippen LogP contribution in [0.25, 0.3) is 0 Å². The molecule has 1 saturated carbocycles. The molecular formula is C27H39F3N6O4. The third-order valence-electron chi connectivity index (χ3n) is 6.98. The summed E-state index contributed by atoms with van der Waals surface area (Å²) in [5, 5.41) is 2.54.